The van der Waals surface area contributed by atoms with Gasteiger partial charge in [0.2, 0.25) is 0 Å². The van der Waals surface area contributed by atoms with Crippen molar-refractivity contribution in [3.05, 3.63) is 24.3 Å². The van der Waals surface area contributed by atoms with E-state index in [1.54, 1.807) is 7.05 Å². The van der Waals surface area contributed by atoms with Crippen LogP contribution in [0.5, 0.6) is 0 Å². The van der Waals surface area contributed by atoms with Gasteiger partial charge in [-0.15, -0.1) is 0 Å². The molecule has 0 aliphatic carbocycles. The molecule has 1 rings (SSSR count). The molecular formula is C13H19F3N2O2S. The number of para-hydroxylation sites is 1. The number of sulfone groups is 1. The fourth-order valence-electron chi connectivity index (χ4n) is 1.91. The number of halogens is 3. The summed E-state index contributed by atoms with van der Waals surface area (Å²) in [5.74, 6) is 0. The van der Waals surface area contributed by atoms with Crippen molar-refractivity contribution >= 4 is 15.5 Å². The Morgan fingerprint density at radius 3 is 2.33 bits per heavy atom. The Kier molecular flexibility index (Phi) is 6.03. The van der Waals surface area contributed by atoms with E-state index in [1.807, 2.05) is 0 Å². The molecule has 0 saturated carbocycles. The van der Waals surface area contributed by atoms with Gasteiger partial charge in [-0.25, -0.2) is 8.42 Å². The molecule has 0 saturated heterocycles. The number of unbranched alkanes of at least 4 members (excludes halogenated alkanes) is 2. The lowest BCUT2D eigenvalue weighted by Gasteiger charge is -2.22. The molecule has 1 aromatic carbocycles. The van der Waals surface area contributed by atoms with E-state index in [1.165, 1.54) is 23.1 Å². The maximum Gasteiger partial charge on any atom is 0.501 e. The maximum absolute atomic E-state index is 12.7. The zero-order valence-corrected chi connectivity index (χ0v) is 12.5. The highest BCUT2D eigenvalue weighted by Crippen LogP contribution is 2.35. The van der Waals surface area contributed by atoms with Crippen molar-refractivity contribution in [2.24, 2.45) is 5.73 Å². The first-order valence-electron chi connectivity index (χ1n) is 6.53. The van der Waals surface area contributed by atoms with Crippen molar-refractivity contribution in [2.75, 3.05) is 25.0 Å². The molecule has 4 nitrogen and oxygen atoms in total. The summed E-state index contributed by atoms with van der Waals surface area (Å²) in [6.07, 6.45) is 2.40. The summed E-state index contributed by atoms with van der Waals surface area (Å²) in [5, 5.41) is 0. The Hall–Kier alpha value is -1.28. The van der Waals surface area contributed by atoms with Crippen molar-refractivity contribution in [3.63, 3.8) is 0 Å². The molecule has 0 atom stereocenters. The first kappa shape index (κ1) is 17.8. The highest BCUT2D eigenvalue weighted by atomic mass is 32.2. The molecule has 2 N–H and O–H groups in total. The molecule has 0 amide bonds. The van der Waals surface area contributed by atoms with Crippen LogP contribution in [0.25, 0.3) is 0 Å². The van der Waals surface area contributed by atoms with Crippen molar-refractivity contribution in [2.45, 2.75) is 29.7 Å². The molecule has 8 heteroatoms. The highest BCUT2D eigenvalue weighted by molar-refractivity contribution is 7.92. The van der Waals surface area contributed by atoms with Gasteiger partial charge in [-0.3, -0.25) is 0 Å². The van der Waals surface area contributed by atoms with Gasteiger partial charge in [0, 0.05) is 13.6 Å². The summed E-state index contributed by atoms with van der Waals surface area (Å²) in [4.78, 5) is 0.814. The molecule has 120 valence electrons. The minimum absolute atomic E-state index is 0.0579. The normalized spacial score (nSPS) is 12.4. The van der Waals surface area contributed by atoms with Gasteiger partial charge >= 0.3 is 5.51 Å². The summed E-state index contributed by atoms with van der Waals surface area (Å²) in [6, 6.07) is 5.15. The second-order valence-electron chi connectivity index (χ2n) is 4.69. The Labute approximate surface area is 122 Å². The summed E-state index contributed by atoms with van der Waals surface area (Å²) in [5.41, 5.74) is 0.124. The van der Waals surface area contributed by atoms with Crippen LogP contribution in [0.1, 0.15) is 19.3 Å². The summed E-state index contributed by atoms with van der Waals surface area (Å²) in [6.45, 7) is 1.02. The summed E-state index contributed by atoms with van der Waals surface area (Å²) >= 11 is 0. The SMILES string of the molecule is CN(CCCCCN)c1ccccc1S(=O)(=O)C(F)(F)F. The number of benzene rings is 1. The fourth-order valence-corrected chi connectivity index (χ4v) is 2.92. The fraction of sp³-hybridized carbons (Fsp3) is 0.538. The molecule has 21 heavy (non-hydrogen) atoms. The lowest BCUT2D eigenvalue weighted by atomic mass is 10.2. The van der Waals surface area contributed by atoms with Gasteiger partial charge in [0.05, 0.1) is 10.6 Å². The smallest absolute Gasteiger partial charge is 0.374 e. The summed E-state index contributed by atoms with van der Waals surface area (Å²) < 4.78 is 61.3. The predicted molar refractivity (Wildman–Crippen MR) is 75.9 cm³/mol. The second-order valence-corrected chi connectivity index (χ2v) is 6.60. The van der Waals surface area contributed by atoms with E-state index in [0.29, 0.717) is 13.1 Å². The van der Waals surface area contributed by atoms with E-state index in [-0.39, 0.29) is 5.69 Å². The monoisotopic (exact) mass is 324 g/mol. The predicted octanol–water partition coefficient (Wildman–Crippen LogP) is 2.55. The van der Waals surface area contributed by atoms with Crippen LogP contribution < -0.4 is 10.6 Å². The first-order chi connectivity index (χ1) is 9.71. The molecule has 0 spiro atoms. The van der Waals surface area contributed by atoms with Crippen LogP contribution in [-0.2, 0) is 9.84 Å². The zero-order valence-electron chi connectivity index (χ0n) is 11.7. The van der Waals surface area contributed by atoms with Crippen molar-refractivity contribution in [1.82, 2.24) is 0 Å². The van der Waals surface area contributed by atoms with Crippen LogP contribution in [0.2, 0.25) is 0 Å². The quantitative estimate of drug-likeness (QED) is 0.783. The average Bonchev–Trinajstić information content (AvgIpc) is 2.42. The molecule has 0 aliphatic rings. The molecule has 1 aromatic rings. The van der Waals surface area contributed by atoms with Gasteiger partial charge in [0.15, 0.2) is 0 Å². The number of hydrogen-bond donors (Lipinski definition) is 1. The third-order valence-corrected chi connectivity index (χ3v) is 4.60. The molecule has 0 aliphatic heterocycles. The lowest BCUT2D eigenvalue weighted by molar-refractivity contribution is -0.0435. The van der Waals surface area contributed by atoms with Crippen LogP contribution >= 0.6 is 0 Å². The Bertz CT molecular complexity index is 559. The van der Waals surface area contributed by atoms with Crippen molar-refractivity contribution in [3.8, 4) is 0 Å². The minimum atomic E-state index is -5.35. The van der Waals surface area contributed by atoms with Gasteiger partial charge in [0.1, 0.15) is 0 Å². The van der Waals surface area contributed by atoms with Gasteiger partial charge in [-0.2, -0.15) is 13.2 Å². The van der Waals surface area contributed by atoms with Crippen LogP contribution in [-0.4, -0.2) is 34.1 Å². The molecule has 0 aromatic heterocycles. The largest absolute Gasteiger partial charge is 0.501 e. The number of nitrogens with zero attached hydrogens (tertiary/aromatic N) is 1. The van der Waals surface area contributed by atoms with Crippen molar-refractivity contribution in [1.29, 1.82) is 0 Å². The average molecular weight is 324 g/mol. The second kappa shape index (κ2) is 7.13. The number of anilines is 1. The molecule has 0 radical (unpaired) electrons. The van der Waals surface area contributed by atoms with Crippen LogP contribution in [0.15, 0.2) is 29.2 Å². The van der Waals surface area contributed by atoms with E-state index in [0.717, 1.165) is 25.3 Å². The van der Waals surface area contributed by atoms with E-state index in [2.05, 4.69) is 0 Å². The third kappa shape index (κ3) is 4.34. The maximum atomic E-state index is 12.7. The number of hydrogen-bond acceptors (Lipinski definition) is 4. The van der Waals surface area contributed by atoms with Gasteiger partial charge < -0.3 is 10.6 Å². The molecule has 0 fully saturated rings. The van der Waals surface area contributed by atoms with E-state index >= 15 is 0 Å². The third-order valence-electron chi connectivity index (χ3n) is 3.07. The van der Waals surface area contributed by atoms with Gasteiger partial charge in [-0.1, -0.05) is 18.6 Å². The molecular weight excluding hydrogens is 305 g/mol. The molecule has 0 bridgehead atoms. The Morgan fingerprint density at radius 1 is 1.14 bits per heavy atom. The van der Waals surface area contributed by atoms with Crippen LogP contribution in [0, 0.1) is 0 Å². The molecule has 0 unspecified atom stereocenters. The number of rotatable bonds is 7. The van der Waals surface area contributed by atoms with Crippen LogP contribution in [0.3, 0.4) is 0 Å². The molecule has 0 heterocycles. The highest BCUT2D eigenvalue weighted by Gasteiger charge is 2.48. The Balaban J connectivity index is 3.00. The van der Waals surface area contributed by atoms with Crippen molar-refractivity contribution < 1.29 is 21.6 Å². The van der Waals surface area contributed by atoms with E-state index in [9.17, 15) is 21.6 Å². The summed E-state index contributed by atoms with van der Waals surface area (Å²) in [7, 11) is -3.77. The number of nitrogens with two attached hydrogens (primary N) is 1. The number of alkyl halides is 3. The topological polar surface area (TPSA) is 63.4 Å². The van der Waals surface area contributed by atoms with Gasteiger partial charge in [0.25, 0.3) is 9.84 Å². The van der Waals surface area contributed by atoms with Crippen LogP contribution in [0.4, 0.5) is 18.9 Å². The first-order valence-corrected chi connectivity index (χ1v) is 8.01. The minimum Gasteiger partial charge on any atom is -0.374 e. The van der Waals surface area contributed by atoms with E-state index in [4.69, 9.17) is 5.73 Å². The standard InChI is InChI=1S/C13H19F3N2O2S/c1-18(10-6-2-5-9-17)11-7-3-4-8-12(11)21(19,20)13(14,15)16/h3-4,7-8H,2,5-6,9-10,17H2,1H3. The van der Waals surface area contributed by atoms with Gasteiger partial charge in [-0.05, 0) is 31.5 Å². The van der Waals surface area contributed by atoms with E-state index < -0.39 is 20.2 Å². The lowest BCUT2D eigenvalue weighted by Crippen LogP contribution is -2.27. The Morgan fingerprint density at radius 2 is 1.76 bits per heavy atom. The zero-order chi connectivity index (χ0) is 16.1.